The summed E-state index contributed by atoms with van der Waals surface area (Å²) < 4.78 is 28.7. The monoisotopic (exact) mass is 258 g/mol. The standard InChI is InChI=1S/C10H14N2O4S/c1-2-16-7-3-4-8(11)9(5-7)17(14,15)6-10(12)13/h3-5H,2,6,11H2,1H3,(H2,12,13). The zero-order valence-electron chi connectivity index (χ0n) is 9.34. The molecular weight excluding hydrogens is 244 g/mol. The van der Waals surface area contributed by atoms with Gasteiger partial charge >= 0.3 is 0 Å². The fourth-order valence-electron chi connectivity index (χ4n) is 1.31. The van der Waals surface area contributed by atoms with Crippen LogP contribution < -0.4 is 16.2 Å². The summed E-state index contributed by atoms with van der Waals surface area (Å²) in [6.45, 7) is 2.17. The van der Waals surface area contributed by atoms with Crippen LogP contribution in [0.25, 0.3) is 0 Å². The van der Waals surface area contributed by atoms with Crippen LogP contribution in [0.2, 0.25) is 0 Å². The Morgan fingerprint density at radius 3 is 2.59 bits per heavy atom. The van der Waals surface area contributed by atoms with E-state index in [-0.39, 0.29) is 10.6 Å². The summed E-state index contributed by atoms with van der Waals surface area (Å²) in [4.78, 5) is 10.5. The van der Waals surface area contributed by atoms with Crippen molar-refractivity contribution in [1.29, 1.82) is 0 Å². The molecule has 17 heavy (non-hydrogen) atoms. The van der Waals surface area contributed by atoms with E-state index in [0.29, 0.717) is 12.4 Å². The predicted molar refractivity (Wildman–Crippen MR) is 63.3 cm³/mol. The molecule has 0 aromatic heterocycles. The minimum atomic E-state index is -3.81. The van der Waals surface area contributed by atoms with Crippen LogP contribution >= 0.6 is 0 Å². The first-order chi connectivity index (χ1) is 7.86. The van der Waals surface area contributed by atoms with Crippen molar-refractivity contribution in [2.45, 2.75) is 11.8 Å². The SMILES string of the molecule is CCOc1ccc(N)c(S(=O)(=O)CC(N)=O)c1. The molecule has 0 aliphatic carbocycles. The van der Waals surface area contributed by atoms with Gasteiger partial charge in [0.1, 0.15) is 11.5 Å². The fourth-order valence-corrected chi connectivity index (χ4v) is 2.56. The number of benzene rings is 1. The van der Waals surface area contributed by atoms with E-state index < -0.39 is 21.5 Å². The molecule has 0 saturated carbocycles. The second-order valence-corrected chi connectivity index (χ2v) is 5.32. The molecule has 0 unspecified atom stereocenters. The molecule has 0 aliphatic heterocycles. The largest absolute Gasteiger partial charge is 0.494 e. The van der Waals surface area contributed by atoms with Gasteiger partial charge in [-0.3, -0.25) is 4.79 Å². The molecule has 1 aromatic carbocycles. The number of amides is 1. The van der Waals surface area contributed by atoms with Crippen LogP contribution in [0.3, 0.4) is 0 Å². The number of sulfone groups is 1. The fraction of sp³-hybridized carbons (Fsp3) is 0.300. The van der Waals surface area contributed by atoms with Gasteiger partial charge < -0.3 is 16.2 Å². The maximum atomic E-state index is 11.8. The first-order valence-corrected chi connectivity index (χ1v) is 6.55. The average Bonchev–Trinajstić information content (AvgIpc) is 2.19. The highest BCUT2D eigenvalue weighted by atomic mass is 32.2. The van der Waals surface area contributed by atoms with Crippen LogP contribution in [0.15, 0.2) is 23.1 Å². The summed E-state index contributed by atoms with van der Waals surface area (Å²) in [5.41, 5.74) is 10.5. The van der Waals surface area contributed by atoms with Gasteiger partial charge in [-0.1, -0.05) is 0 Å². The Balaban J connectivity index is 3.20. The topological polar surface area (TPSA) is 112 Å². The molecule has 6 nitrogen and oxygen atoms in total. The molecule has 94 valence electrons. The van der Waals surface area contributed by atoms with Crippen molar-refractivity contribution < 1.29 is 17.9 Å². The Hall–Kier alpha value is -1.76. The lowest BCUT2D eigenvalue weighted by atomic mass is 10.3. The van der Waals surface area contributed by atoms with E-state index in [9.17, 15) is 13.2 Å². The van der Waals surface area contributed by atoms with Gasteiger partial charge in [-0.25, -0.2) is 8.42 Å². The van der Waals surface area contributed by atoms with Crippen molar-refractivity contribution in [3.8, 4) is 5.75 Å². The summed E-state index contributed by atoms with van der Waals surface area (Å²) in [6, 6.07) is 4.26. The van der Waals surface area contributed by atoms with Crippen LogP contribution in [0, 0.1) is 0 Å². The van der Waals surface area contributed by atoms with Crippen molar-refractivity contribution in [2.24, 2.45) is 5.73 Å². The zero-order chi connectivity index (χ0) is 13.1. The second-order valence-electron chi connectivity index (χ2n) is 3.36. The molecule has 1 amide bonds. The molecule has 0 spiro atoms. The lowest BCUT2D eigenvalue weighted by Gasteiger charge is -2.09. The average molecular weight is 258 g/mol. The van der Waals surface area contributed by atoms with Crippen LogP contribution in [0.1, 0.15) is 6.92 Å². The smallest absolute Gasteiger partial charge is 0.233 e. The van der Waals surface area contributed by atoms with Crippen LogP contribution in [0.4, 0.5) is 5.69 Å². The van der Waals surface area contributed by atoms with E-state index in [2.05, 4.69) is 0 Å². The summed E-state index contributed by atoms with van der Waals surface area (Å²) >= 11 is 0. The van der Waals surface area contributed by atoms with Crippen molar-refractivity contribution in [3.05, 3.63) is 18.2 Å². The highest BCUT2D eigenvalue weighted by molar-refractivity contribution is 7.92. The zero-order valence-corrected chi connectivity index (χ0v) is 10.2. The van der Waals surface area contributed by atoms with E-state index in [1.807, 2.05) is 0 Å². The van der Waals surface area contributed by atoms with E-state index in [1.54, 1.807) is 13.0 Å². The number of carbonyl (C=O) groups excluding carboxylic acids is 1. The van der Waals surface area contributed by atoms with E-state index in [0.717, 1.165) is 0 Å². The molecule has 0 saturated heterocycles. The van der Waals surface area contributed by atoms with Gasteiger partial charge in [0.05, 0.1) is 17.2 Å². The van der Waals surface area contributed by atoms with Crippen molar-refractivity contribution in [3.63, 3.8) is 0 Å². The molecule has 0 fully saturated rings. The molecular formula is C10H14N2O4S. The molecule has 0 atom stereocenters. The minimum absolute atomic E-state index is 0.0645. The maximum absolute atomic E-state index is 11.8. The Labute approximate surface area is 99.5 Å². The van der Waals surface area contributed by atoms with Gasteiger partial charge in [0.15, 0.2) is 9.84 Å². The first-order valence-electron chi connectivity index (χ1n) is 4.90. The number of rotatable bonds is 5. The van der Waals surface area contributed by atoms with Crippen molar-refractivity contribution >= 4 is 21.4 Å². The second kappa shape index (κ2) is 5.05. The first kappa shape index (κ1) is 13.3. The highest BCUT2D eigenvalue weighted by Crippen LogP contribution is 2.25. The number of carbonyl (C=O) groups is 1. The van der Waals surface area contributed by atoms with Crippen molar-refractivity contribution in [1.82, 2.24) is 0 Å². The highest BCUT2D eigenvalue weighted by Gasteiger charge is 2.21. The number of ether oxygens (including phenoxy) is 1. The lowest BCUT2D eigenvalue weighted by Crippen LogP contribution is -2.23. The van der Waals surface area contributed by atoms with E-state index >= 15 is 0 Å². The predicted octanol–water partition coefficient (Wildman–Crippen LogP) is -0.0735. The third-order valence-electron chi connectivity index (χ3n) is 1.96. The normalized spacial score (nSPS) is 11.1. The van der Waals surface area contributed by atoms with E-state index in [4.69, 9.17) is 16.2 Å². The van der Waals surface area contributed by atoms with E-state index in [1.165, 1.54) is 12.1 Å². The molecule has 1 rings (SSSR count). The number of primary amides is 1. The lowest BCUT2D eigenvalue weighted by molar-refractivity contribution is -0.115. The number of anilines is 1. The summed E-state index contributed by atoms with van der Waals surface area (Å²) in [6.07, 6.45) is 0. The minimum Gasteiger partial charge on any atom is -0.494 e. The number of hydrogen-bond acceptors (Lipinski definition) is 5. The summed E-state index contributed by atoms with van der Waals surface area (Å²) in [7, 11) is -3.81. The molecule has 0 bridgehead atoms. The third kappa shape index (κ3) is 3.35. The number of nitrogen functional groups attached to an aromatic ring is 1. The van der Waals surface area contributed by atoms with Crippen LogP contribution in [-0.2, 0) is 14.6 Å². The Bertz CT molecular complexity index is 525. The summed E-state index contributed by atoms with van der Waals surface area (Å²) in [5, 5.41) is 0. The van der Waals surface area contributed by atoms with Gasteiger partial charge in [-0.15, -0.1) is 0 Å². The molecule has 7 heteroatoms. The van der Waals surface area contributed by atoms with Gasteiger partial charge in [0.2, 0.25) is 5.91 Å². The van der Waals surface area contributed by atoms with Gasteiger partial charge in [-0.05, 0) is 19.1 Å². The van der Waals surface area contributed by atoms with Crippen LogP contribution in [-0.4, -0.2) is 26.7 Å². The van der Waals surface area contributed by atoms with Gasteiger partial charge in [-0.2, -0.15) is 0 Å². The quantitative estimate of drug-likeness (QED) is 0.718. The van der Waals surface area contributed by atoms with Crippen LogP contribution in [0.5, 0.6) is 5.75 Å². The maximum Gasteiger partial charge on any atom is 0.233 e. The number of hydrogen-bond donors (Lipinski definition) is 2. The Morgan fingerprint density at radius 1 is 1.41 bits per heavy atom. The van der Waals surface area contributed by atoms with Crippen molar-refractivity contribution in [2.75, 3.05) is 18.1 Å². The Morgan fingerprint density at radius 2 is 2.06 bits per heavy atom. The molecule has 0 radical (unpaired) electrons. The molecule has 0 aliphatic rings. The van der Waals surface area contributed by atoms with Gasteiger partial charge in [0, 0.05) is 6.07 Å². The number of nitrogens with two attached hydrogens (primary N) is 2. The Kier molecular flexibility index (Phi) is 3.95. The van der Waals surface area contributed by atoms with Gasteiger partial charge in [0.25, 0.3) is 0 Å². The molecule has 0 heterocycles. The molecule has 4 N–H and O–H groups in total. The summed E-state index contributed by atoms with van der Waals surface area (Å²) in [5.74, 6) is -1.32. The molecule has 1 aromatic rings. The third-order valence-corrected chi connectivity index (χ3v) is 3.65.